The average molecular weight is 418 g/mol. The van der Waals surface area contributed by atoms with E-state index >= 15 is 0 Å². The molecule has 148 valence electrons. The van der Waals surface area contributed by atoms with Gasteiger partial charge in [-0.15, -0.1) is 0 Å². The van der Waals surface area contributed by atoms with Crippen LogP contribution in [0.5, 0.6) is 0 Å². The van der Waals surface area contributed by atoms with Crippen LogP contribution in [0.25, 0.3) is 10.8 Å². The molecule has 0 aliphatic carbocycles. The number of rotatable bonds is 8. The van der Waals surface area contributed by atoms with Crippen molar-refractivity contribution in [1.29, 1.82) is 0 Å². The van der Waals surface area contributed by atoms with Gasteiger partial charge in [0.2, 0.25) is 10.0 Å². The molecule has 12 heteroatoms. The molecule has 1 atom stereocenters. The van der Waals surface area contributed by atoms with Crippen LogP contribution in [-0.2, 0) is 23.9 Å². The van der Waals surface area contributed by atoms with Crippen LogP contribution in [0.2, 0.25) is 0 Å². The van der Waals surface area contributed by atoms with Gasteiger partial charge in [-0.2, -0.15) is 4.72 Å². The molecule has 0 saturated heterocycles. The lowest BCUT2D eigenvalue weighted by Gasteiger charge is -2.18. The Kier molecular flexibility index (Phi) is 6.25. The number of aliphatic carboxylic acids is 1. The Morgan fingerprint density at radius 3 is 2.33 bits per heavy atom. The molecule has 0 heterocycles. The molecule has 0 aromatic heterocycles. The number of hydrogen-bond acceptors (Lipinski definition) is 6. The van der Waals surface area contributed by atoms with Crippen LogP contribution < -0.4 is 9.62 Å². The maximum absolute atomic E-state index is 12.7. The normalized spacial score (nSPS) is 13.5. The second-order valence-electron chi connectivity index (χ2n) is 5.82. The van der Waals surface area contributed by atoms with E-state index in [0.29, 0.717) is 10.8 Å². The zero-order valence-corrected chi connectivity index (χ0v) is 16.1. The highest BCUT2D eigenvalue weighted by molar-refractivity contribution is 7.89. The molecule has 2 rings (SSSR count). The summed E-state index contributed by atoms with van der Waals surface area (Å²) in [6, 6.07) is 7.74. The summed E-state index contributed by atoms with van der Waals surface area (Å²) in [6.45, 7) is -1.04. The highest BCUT2D eigenvalue weighted by Crippen LogP contribution is 2.36. The molecule has 0 saturated carbocycles. The van der Waals surface area contributed by atoms with E-state index < -0.39 is 36.5 Å². The van der Waals surface area contributed by atoms with Crippen molar-refractivity contribution in [3.05, 3.63) is 36.4 Å². The lowest BCUT2D eigenvalue weighted by Crippen LogP contribution is -2.43. The number of nitrogens with zero attached hydrogens (tertiary/aromatic N) is 1. The summed E-state index contributed by atoms with van der Waals surface area (Å²) in [4.78, 5) is 30.3. The predicted molar refractivity (Wildman–Crippen MR) is 98.0 cm³/mol. The lowest BCUT2D eigenvalue weighted by atomic mass is 10.1. The molecule has 0 aliphatic heterocycles. The van der Waals surface area contributed by atoms with Gasteiger partial charge in [-0.05, 0) is 12.1 Å². The van der Waals surface area contributed by atoms with Gasteiger partial charge >= 0.3 is 13.8 Å². The minimum atomic E-state index is -4.96. The molecular weight excluding hydrogens is 399 g/mol. The molecule has 0 bridgehead atoms. The fourth-order valence-corrected chi connectivity index (χ4v) is 4.21. The molecule has 0 spiro atoms. The lowest BCUT2D eigenvalue weighted by molar-refractivity contribution is -0.139. The van der Waals surface area contributed by atoms with Crippen LogP contribution in [0.15, 0.2) is 41.3 Å². The molecular formula is C15H19N2O8PS. The summed E-state index contributed by atoms with van der Waals surface area (Å²) in [5, 5.41) is 10.2. The van der Waals surface area contributed by atoms with Gasteiger partial charge in [0, 0.05) is 30.6 Å². The monoisotopic (exact) mass is 418 g/mol. The third-order valence-electron chi connectivity index (χ3n) is 3.64. The van der Waals surface area contributed by atoms with E-state index in [4.69, 9.17) is 14.9 Å². The standard InChI is InChI=1S/C15H19N2O8PS/c1-17(2)13-7-3-6-11-10(13)5-4-8-14(11)27(23,24)16-12(15(18)19)9-25-26(20,21)22/h3-8,12,16H,9H2,1-2H3,(H,18,19)(H2,20,21,22)/t12-/m1/s1. The zero-order valence-electron chi connectivity index (χ0n) is 14.4. The Morgan fingerprint density at radius 1 is 1.19 bits per heavy atom. The van der Waals surface area contributed by atoms with E-state index in [1.165, 1.54) is 12.1 Å². The number of carbonyl (C=O) groups is 1. The number of benzene rings is 2. The first-order valence-corrected chi connectivity index (χ1v) is 10.6. The van der Waals surface area contributed by atoms with Gasteiger partial charge in [-0.1, -0.05) is 24.3 Å². The third-order valence-corrected chi connectivity index (χ3v) is 5.65. The van der Waals surface area contributed by atoms with E-state index in [2.05, 4.69) is 4.52 Å². The zero-order chi connectivity index (χ0) is 20.4. The maximum Gasteiger partial charge on any atom is 0.469 e. The fraction of sp³-hybridized carbons (Fsp3) is 0.267. The Bertz CT molecular complexity index is 1000. The van der Waals surface area contributed by atoms with Crippen LogP contribution in [0.1, 0.15) is 0 Å². The Morgan fingerprint density at radius 2 is 1.78 bits per heavy atom. The van der Waals surface area contributed by atoms with Gasteiger partial charge in [-0.25, -0.2) is 13.0 Å². The smallest absolute Gasteiger partial charge is 0.469 e. The second kappa shape index (κ2) is 7.93. The van der Waals surface area contributed by atoms with Crippen molar-refractivity contribution in [3.63, 3.8) is 0 Å². The van der Waals surface area contributed by atoms with Gasteiger partial charge in [0.05, 0.1) is 11.5 Å². The molecule has 0 unspecified atom stereocenters. The summed E-state index contributed by atoms with van der Waals surface area (Å²) in [7, 11) is -5.68. The van der Waals surface area contributed by atoms with Gasteiger partial charge in [0.15, 0.2) is 0 Å². The summed E-state index contributed by atoms with van der Waals surface area (Å²) in [6.07, 6.45) is 0. The predicted octanol–water partition coefficient (Wildman–Crippen LogP) is 0.747. The van der Waals surface area contributed by atoms with E-state index in [0.717, 1.165) is 5.69 Å². The van der Waals surface area contributed by atoms with Crippen LogP contribution in [-0.4, -0.2) is 56.0 Å². The van der Waals surface area contributed by atoms with Crippen molar-refractivity contribution in [3.8, 4) is 0 Å². The summed E-state index contributed by atoms with van der Waals surface area (Å²) >= 11 is 0. The molecule has 0 radical (unpaired) electrons. The van der Waals surface area contributed by atoms with Crippen molar-refractivity contribution in [2.24, 2.45) is 0 Å². The minimum Gasteiger partial charge on any atom is -0.480 e. The summed E-state index contributed by atoms with van der Waals surface area (Å²) in [5.74, 6) is -1.64. The van der Waals surface area contributed by atoms with E-state index in [-0.39, 0.29) is 4.90 Å². The number of phosphoric ester groups is 1. The molecule has 27 heavy (non-hydrogen) atoms. The Balaban J connectivity index is 2.45. The quantitative estimate of drug-likeness (QED) is 0.455. The summed E-state index contributed by atoms with van der Waals surface area (Å²) in [5.41, 5.74) is 0.768. The molecule has 4 N–H and O–H groups in total. The first-order valence-electron chi connectivity index (χ1n) is 7.56. The van der Waals surface area contributed by atoms with Gasteiger partial charge in [0.1, 0.15) is 6.04 Å². The topological polar surface area (TPSA) is 153 Å². The fourth-order valence-electron chi connectivity index (χ4n) is 2.47. The number of carboxylic acid groups (broad SMARTS) is 1. The maximum atomic E-state index is 12.7. The van der Waals surface area contributed by atoms with Crippen molar-refractivity contribution in [2.75, 3.05) is 25.6 Å². The van der Waals surface area contributed by atoms with Crippen LogP contribution in [0.4, 0.5) is 5.69 Å². The van der Waals surface area contributed by atoms with E-state index in [9.17, 15) is 17.8 Å². The molecule has 10 nitrogen and oxygen atoms in total. The Hall–Kier alpha value is -2.01. The summed E-state index contributed by atoms with van der Waals surface area (Å²) < 4.78 is 42.3. The van der Waals surface area contributed by atoms with Gasteiger partial charge in [0.25, 0.3) is 0 Å². The number of phosphoric acid groups is 1. The SMILES string of the molecule is CN(C)c1cccc2c(S(=O)(=O)N[C@H](COP(=O)(O)O)C(=O)O)cccc12. The van der Waals surface area contributed by atoms with Crippen molar-refractivity contribution in [1.82, 2.24) is 4.72 Å². The number of nitrogens with one attached hydrogen (secondary N) is 1. The van der Waals surface area contributed by atoms with E-state index in [1.807, 2.05) is 4.72 Å². The van der Waals surface area contributed by atoms with Gasteiger partial charge in [-0.3, -0.25) is 9.32 Å². The van der Waals surface area contributed by atoms with Gasteiger partial charge < -0.3 is 19.8 Å². The van der Waals surface area contributed by atoms with Crippen molar-refractivity contribution < 1.29 is 37.2 Å². The van der Waals surface area contributed by atoms with Crippen LogP contribution in [0, 0.1) is 0 Å². The number of sulfonamides is 1. The second-order valence-corrected chi connectivity index (χ2v) is 8.74. The van der Waals surface area contributed by atoms with Crippen molar-refractivity contribution >= 4 is 40.3 Å². The first kappa shape index (κ1) is 21.3. The minimum absolute atomic E-state index is 0.161. The Labute approximate surface area is 155 Å². The molecule has 2 aromatic rings. The molecule has 0 aliphatic rings. The first-order chi connectivity index (χ1) is 12.4. The van der Waals surface area contributed by atoms with Crippen LogP contribution in [0.3, 0.4) is 0 Å². The largest absolute Gasteiger partial charge is 0.480 e. The highest BCUT2D eigenvalue weighted by atomic mass is 32.2. The number of carboxylic acids is 1. The number of anilines is 1. The van der Waals surface area contributed by atoms with Crippen molar-refractivity contribution in [2.45, 2.75) is 10.9 Å². The molecule has 0 amide bonds. The third kappa shape index (κ3) is 5.25. The highest BCUT2D eigenvalue weighted by Gasteiger charge is 2.29. The van der Waals surface area contributed by atoms with Crippen LogP contribution >= 0.6 is 7.82 Å². The molecule has 2 aromatic carbocycles. The van der Waals surface area contributed by atoms with E-state index in [1.54, 1.807) is 43.3 Å². The molecule has 0 fully saturated rings. The number of hydrogen-bond donors (Lipinski definition) is 4. The number of fused-ring (bicyclic) bond motifs is 1. The average Bonchev–Trinajstić information content (AvgIpc) is 2.56.